The highest BCUT2D eigenvalue weighted by molar-refractivity contribution is 6.42. The Hall–Kier alpha value is -1.14. The van der Waals surface area contributed by atoms with E-state index in [-0.39, 0.29) is 6.54 Å². The Morgan fingerprint density at radius 2 is 2.05 bits per heavy atom. The second kappa shape index (κ2) is 6.32. The van der Waals surface area contributed by atoms with Crippen molar-refractivity contribution in [1.82, 2.24) is 15.0 Å². The van der Waals surface area contributed by atoms with Gasteiger partial charge in [-0.05, 0) is 30.5 Å². The van der Waals surface area contributed by atoms with E-state index in [1.54, 1.807) is 0 Å². The Labute approximate surface area is 133 Å². The zero-order valence-corrected chi connectivity index (χ0v) is 12.9. The van der Waals surface area contributed by atoms with E-state index in [9.17, 15) is 0 Å². The smallest absolute Gasteiger partial charge is 0.240 e. The average molecular weight is 327 g/mol. The third-order valence-electron chi connectivity index (χ3n) is 3.46. The van der Waals surface area contributed by atoms with Gasteiger partial charge in [-0.1, -0.05) is 34.4 Å². The molecule has 1 aliphatic carbocycles. The summed E-state index contributed by atoms with van der Waals surface area (Å²) < 4.78 is 5.05. The van der Waals surface area contributed by atoms with Gasteiger partial charge >= 0.3 is 0 Å². The molecule has 7 heteroatoms. The molecule has 3 rings (SSSR count). The van der Waals surface area contributed by atoms with Crippen LogP contribution in [-0.2, 0) is 19.6 Å². The quantitative estimate of drug-likeness (QED) is 0.883. The SMILES string of the molecule is NCc1nc(CN(Cc2ccc(Cl)c(Cl)c2)C2CC2)no1. The summed E-state index contributed by atoms with van der Waals surface area (Å²) in [6.45, 7) is 1.70. The van der Waals surface area contributed by atoms with Gasteiger partial charge < -0.3 is 10.3 Å². The fourth-order valence-corrected chi connectivity index (χ4v) is 2.57. The Balaban J connectivity index is 1.70. The van der Waals surface area contributed by atoms with Crippen molar-refractivity contribution in [3.05, 3.63) is 45.5 Å². The van der Waals surface area contributed by atoms with E-state index in [0.29, 0.717) is 34.3 Å². The first kappa shape index (κ1) is 14.8. The molecule has 5 nitrogen and oxygen atoms in total. The minimum Gasteiger partial charge on any atom is -0.338 e. The fourth-order valence-electron chi connectivity index (χ4n) is 2.25. The van der Waals surface area contributed by atoms with Crippen LogP contribution in [0.2, 0.25) is 10.0 Å². The van der Waals surface area contributed by atoms with Gasteiger partial charge in [-0.15, -0.1) is 0 Å². The van der Waals surface area contributed by atoms with Gasteiger partial charge in [0.25, 0.3) is 0 Å². The molecule has 21 heavy (non-hydrogen) atoms. The van der Waals surface area contributed by atoms with Crippen molar-refractivity contribution < 1.29 is 4.52 Å². The summed E-state index contributed by atoms with van der Waals surface area (Å²) in [5.74, 6) is 1.14. The molecule has 1 saturated carbocycles. The maximum atomic E-state index is 6.07. The van der Waals surface area contributed by atoms with E-state index < -0.39 is 0 Å². The molecule has 0 radical (unpaired) electrons. The van der Waals surface area contributed by atoms with Crippen LogP contribution in [0.4, 0.5) is 0 Å². The summed E-state index contributed by atoms with van der Waals surface area (Å²) in [6.07, 6.45) is 2.39. The zero-order valence-electron chi connectivity index (χ0n) is 11.4. The number of aromatic nitrogens is 2. The first-order chi connectivity index (χ1) is 10.2. The fraction of sp³-hybridized carbons (Fsp3) is 0.429. The highest BCUT2D eigenvalue weighted by Crippen LogP contribution is 2.30. The lowest BCUT2D eigenvalue weighted by Gasteiger charge is -2.20. The lowest BCUT2D eigenvalue weighted by molar-refractivity contribution is 0.235. The molecule has 1 heterocycles. The van der Waals surface area contributed by atoms with Crippen molar-refractivity contribution in [2.75, 3.05) is 0 Å². The lowest BCUT2D eigenvalue weighted by atomic mass is 10.2. The molecule has 0 saturated heterocycles. The molecule has 2 N–H and O–H groups in total. The van der Waals surface area contributed by atoms with Gasteiger partial charge in [-0.2, -0.15) is 4.98 Å². The van der Waals surface area contributed by atoms with E-state index in [1.807, 2.05) is 18.2 Å². The summed E-state index contributed by atoms with van der Waals surface area (Å²) in [6, 6.07) is 6.29. The van der Waals surface area contributed by atoms with E-state index in [4.69, 9.17) is 33.5 Å². The lowest BCUT2D eigenvalue weighted by Crippen LogP contribution is -2.25. The molecule has 0 atom stereocenters. The van der Waals surface area contributed by atoms with Gasteiger partial charge in [-0.25, -0.2) is 0 Å². The third-order valence-corrected chi connectivity index (χ3v) is 4.20. The average Bonchev–Trinajstić information content (AvgIpc) is 3.22. The number of halogens is 2. The molecule has 0 bridgehead atoms. The molecule has 0 amide bonds. The number of nitrogens with zero attached hydrogens (tertiary/aromatic N) is 3. The summed E-state index contributed by atoms with van der Waals surface area (Å²) in [5.41, 5.74) is 6.61. The Kier molecular flexibility index (Phi) is 4.45. The number of benzene rings is 1. The standard InChI is InChI=1S/C14H16Cl2N4O/c15-11-4-1-9(5-12(11)16)7-20(10-2-3-10)8-13-18-14(6-17)21-19-13/h1,4-5,10H,2-3,6-8,17H2. The number of rotatable bonds is 6. The van der Waals surface area contributed by atoms with Crippen LogP contribution < -0.4 is 5.73 Å². The van der Waals surface area contributed by atoms with E-state index in [2.05, 4.69) is 15.0 Å². The normalized spacial score (nSPS) is 14.9. The van der Waals surface area contributed by atoms with Crippen molar-refractivity contribution in [1.29, 1.82) is 0 Å². The van der Waals surface area contributed by atoms with Crippen LogP contribution in [-0.4, -0.2) is 21.1 Å². The molecule has 0 spiro atoms. The summed E-state index contributed by atoms with van der Waals surface area (Å²) in [7, 11) is 0. The first-order valence-electron chi connectivity index (χ1n) is 6.85. The molecule has 0 aliphatic heterocycles. The van der Waals surface area contributed by atoms with Crippen LogP contribution in [0.3, 0.4) is 0 Å². The van der Waals surface area contributed by atoms with Crippen LogP contribution in [0.1, 0.15) is 30.1 Å². The van der Waals surface area contributed by atoms with Crippen LogP contribution >= 0.6 is 23.2 Å². The van der Waals surface area contributed by atoms with Gasteiger partial charge in [0.15, 0.2) is 5.82 Å². The van der Waals surface area contributed by atoms with Crippen molar-refractivity contribution in [3.63, 3.8) is 0 Å². The largest absolute Gasteiger partial charge is 0.338 e. The van der Waals surface area contributed by atoms with Crippen molar-refractivity contribution in [3.8, 4) is 0 Å². The molecule has 0 unspecified atom stereocenters. The van der Waals surface area contributed by atoms with E-state index in [0.717, 1.165) is 12.1 Å². The summed E-state index contributed by atoms with van der Waals surface area (Å²) in [5, 5.41) is 5.11. The molecule has 1 aromatic heterocycles. The first-order valence-corrected chi connectivity index (χ1v) is 7.61. The van der Waals surface area contributed by atoms with Gasteiger partial charge in [0.2, 0.25) is 5.89 Å². The third kappa shape index (κ3) is 3.74. The minimum absolute atomic E-state index is 0.267. The van der Waals surface area contributed by atoms with Crippen molar-refractivity contribution in [2.45, 2.75) is 38.5 Å². The van der Waals surface area contributed by atoms with Crippen LogP contribution in [0, 0.1) is 0 Å². The number of nitrogens with two attached hydrogens (primary N) is 1. The topological polar surface area (TPSA) is 68.2 Å². The van der Waals surface area contributed by atoms with E-state index in [1.165, 1.54) is 12.8 Å². The highest BCUT2D eigenvalue weighted by Gasteiger charge is 2.30. The Morgan fingerprint density at radius 1 is 1.24 bits per heavy atom. The van der Waals surface area contributed by atoms with Crippen molar-refractivity contribution in [2.24, 2.45) is 5.73 Å². The Morgan fingerprint density at radius 3 is 2.67 bits per heavy atom. The summed E-state index contributed by atoms with van der Waals surface area (Å²) >= 11 is 12.0. The second-order valence-corrected chi connectivity index (χ2v) is 6.01. The maximum Gasteiger partial charge on any atom is 0.240 e. The molecule has 1 aliphatic rings. The van der Waals surface area contributed by atoms with Crippen LogP contribution in [0.25, 0.3) is 0 Å². The van der Waals surface area contributed by atoms with Crippen molar-refractivity contribution >= 4 is 23.2 Å². The molecule has 2 aromatic rings. The molecular formula is C14H16Cl2N4O. The highest BCUT2D eigenvalue weighted by atomic mass is 35.5. The monoisotopic (exact) mass is 326 g/mol. The minimum atomic E-state index is 0.267. The Bertz CT molecular complexity index is 627. The summed E-state index contributed by atoms with van der Waals surface area (Å²) in [4.78, 5) is 6.58. The van der Waals surface area contributed by atoms with Crippen LogP contribution in [0.5, 0.6) is 0 Å². The number of hydrogen-bond acceptors (Lipinski definition) is 5. The molecule has 112 valence electrons. The van der Waals surface area contributed by atoms with E-state index >= 15 is 0 Å². The van der Waals surface area contributed by atoms with Gasteiger partial charge in [-0.3, -0.25) is 4.90 Å². The molecular weight excluding hydrogens is 311 g/mol. The molecule has 1 fully saturated rings. The number of hydrogen-bond donors (Lipinski definition) is 1. The predicted octanol–water partition coefficient (Wildman–Crippen LogP) is 3.00. The maximum absolute atomic E-state index is 6.07. The van der Waals surface area contributed by atoms with Gasteiger partial charge in [0, 0.05) is 12.6 Å². The van der Waals surface area contributed by atoms with Gasteiger partial charge in [0.05, 0.1) is 23.1 Å². The molecule has 1 aromatic carbocycles. The predicted molar refractivity (Wildman–Crippen MR) is 80.9 cm³/mol. The zero-order chi connectivity index (χ0) is 14.8. The second-order valence-electron chi connectivity index (χ2n) is 5.19. The van der Waals surface area contributed by atoms with Gasteiger partial charge in [0.1, 0.15) is 0 Å². The van der Waals surface area contributed by atoms with Crippen LogP contribution in [0.15, 0.2) is 22.7 Å².